The van der Waals surface area contributed by atoms with Crippen LogP contribution in [0.3, 0.4) is 0 Å². The van der Waals surface area contributed by atoms with Crippen molar-refractivity contribution in [3.05, 3.63) is 58.5 Å². The molecule has 0 radical (unpaired) electrons. The van der Waals surface area contributed by atoms with Gasteiger partial charge in [-0.25, -0.2) is 4.99 Å². The molecule has 0 aliphatic heterocycles. The molecule has 0 saturated carbocycles. The first kappa shape index (κ1) is 19.0. The van der Waals surface area contributed by atoms with Crippen molar-refractivity contribution >= 4 is 43.9 Å². The van der Waals surface area contributed by atoms with Gasteiger partial charge in [-0.2, -0.15) is 0 Å². The van der Waals surface area contributed by atoms with Crippen molar-refractivity contribution < 1.29 is 9.15 Å². The third-order valence-electron chi connectivity index (χ3n) is 3.13. The summed E-state index contributed by atoms with van der Waals surface area (Å²) in [6.45, 7) is 6.49. The molecule has 1 aromatic carbocycles. The van der Waals surface area contributed by atoms with E-state index in [0.717, 1.165) is 22.1 Å². The van der Waals surface area contributed by atoms with E-state index in [1.807, 2.05) is 57.4 Å². The number of aliphatic imine (C=N–C) groups is 1. The lowest BCUT2D eigenvalue weighted by molar-refractivity contribution is 0.362. The summed E-state index contributed by atoms with van der Waals surface area (Å²) in [4.78, 5) is 4.74. The van der Waals surface area contributed by atoms with Crippen LogP contribution in [-0.4, -0.2) is 17.9 Å². The smallest absolute Gasteiger partial charge is 0.140 e. The fourth-order valence-corrected chi connectivity index (χ4v) is 3.53. The number of rotatable bonds is 6. The van der Waals surface area contributed by atoms with Gasteiger partial charge in [-0.3, -0.25) is 0 Å². The Hall–Kier alpha value is -1.30. The quantitative estimate of drug-likeness (QED) is 0.242. The first-order chi connectivity index (χ1) is 11.5. The number of halogens is 1. The summed E-state index contributed by atoms with van der Waals surface area (Å²) in [5, 5.41) is 1.47. The van der Waals surface area contributed by atoms with Crippen LogP contribution in [0.25, 0.3) is 0 Å². The van der Waals surface area contributed by atoms with Crippen molar-refractivity contribution in [1.29, 1.82) is 0 Å². The van der Waals surface area contributed by atoms with Crippen molar-refractivity contribution in [2.75, 3.05) is 12.9 Å². The van der Waals surface area contributed by atoms with E-state index >= 15 is 0 Å². The van der Waals surface area contributed by atoms with Crippen LogP contribution in [-0.2, 0) is 0 Å². The first-order valence-electron chi connectivity index (χ1n) is 7.40. The molecular formula is C18H20ClNO2S2. The summed E-state index contributed by atoms with van der Waals surface area (Å²) in [6.07, 6.45) is 5.71. The van der Waals surface area contributed by atoms with Crippen molar-refractivity contribution in [3.8, 4) is 5.75 Å². The largest absolute Gasteiger partial charge is 0.488 e. The van der Waals surface area contributed by atoms with Crippen LogP contribution in [0.5, 0.6) is 5.75 Å². The summed E-state index contributed by atoms with van der Waals surface area (Å²) < 4.78 is 11.1. The molecule has 3 nitrogen and oxygen atoms in total. The van der Waals surface area contributed by atoms with Crippen LogP contribution in [0, 0.1) is 6.92 Å². The zero-order chi connectivity index (χ0) is 17.5. The highest BCUT2D eigenvalue weighted by molar-refractivity contribution is 8.82. The van der Waals surface area contributed by atoms with Crippen molar-refractivity contribution in [3.63, 3.8) is 0 Å². The molecule has 0 aliphatic rings. The minimum Gasteiger partial charge on any atom is -0.488 e. The topological polar surface area (TPSA) is 34.7 Å². The zero-order valence-corrected chi connectivity index (χ0v) is 16.5. The molecule has 0 aliphatic carbocycles. The molecule has 0 fully saturated rings. The van der Waals surface area contributed by atoms with Crippen LogP contribution in [0.15, 0.2) is 51.6 Å². The fraction of sp³-hybridized carbons (Fsp3) is 0.278. The molecule has 0 spiro atoms. The maximum Gasteiger partial charge on any atom is 0.140 e. The normalized spacial score (nSPS) is 11.5. The Bertz CT molecular complexity index is 749. The van der Waals surface area contributed by atoms with Gasteiger partial charge < -0.3 is 9.15 Å². The van der Waals surface area contributed by atoms with E-state index in [1.54, 1.807) is 27.9 Å². The molecule has 1 heterocycles. The van der Waals surface area contributed by atoms with Gasteiger partial charge in [0.05, 0.1) is 17.0 Å². The van der Waals surface area contributed by atoms with Gasteiger partial charge in [-0.1, -0.05) is 28.0 Å². The zero-order valence-electron chi connectivity index (χ0n) is 14.1. The lowest BCUT2D eigenvalue weighted by Gasteiger charge is -2.08. The molecule has 128 valence electrons. The van der Waals surface area contributed by atoms with Gasteiger partial charge in [-0.05, 0) is 62.1 Å². The molecule has 0 unspecified atom stereocenters. The Kier molecular flexibility index (Phi) is 7.34. The minimum atomic E-state index is 0.489. The summed E-state index contributed by atoms with van der Waals surface area (Å²) in [5.41, 5.74) is 2.99. The van der Waals surface area contributed by atoms with Gasteiger partial charge in [0.15, 0.2) is 0 Å². The van der Waals surface area contributed by atoms with Crippen molar-refractivity contribution in [1.82, 2.24) is 0 Å². The van der Waals surface area contributed by atoms with Gasteiger partial charge in [-0.15, -0.1) is 0 Å². The molecular weight excluding hydrogens is 362 g/mol. The maximum atomic E-state index is 6.22. The van der Waals surface area contributed by atoms with Gasteiger partial charge in [0.2, 0.25) is 0 Å². The maximum absolute atomic E-state index is 6.22. The summed E-state index contributed by atoms with van der Waals surface area (Å²) in [7, 11) is 3.24. The van der Waals surface area contributed by atoms with E-state index in [2.05, 4.69) is 0 Å². The number of hydrogen-bond donors (Lipinski definition) is 0. The van der Waals surface area contributed by atoms with E-state index in [9.17, 15) is 0 Å². The van der Waals surface area contributed by atoms with Crippen molar-refractivity contribution in [2.45, 2.75) is 20.8 Å². The Morgan fingerprint density at radius 1 is 1.33 bits per heavy atom. The van der Waals surface area contributed by atoms with Crippen LogP contribution in [0.4, 0.5) is 5.69 Å². The Morgan fingerprint density at radius 3 is 2.75 bits per heavy atom. The lowest BCUT2D eigenvalue weighted by Crippen LogP contribution is -1.96. The highest BCUT2D eigenvalue weighted by Crippen LogP contribution is 2.33. The molecule has 0 N–H and O–H groups in total. The van der Waals surface area contributed by atoms with Gasteiger partial charge in [0.25, 0.3) is 0 Å². The van der Waals surface area contributed by atoms with Crippen molar-refractivity contribution in [2.24, 2.45) is 4.99 Å². The number of allylic oxidation sites excluding steroid dienone is 1. The minimum absolute atomic E-state index is 0.489. The molecule has 2 rings (SSSR count). The molecule has 0 amide bonds. The average Bonchev–Trinajstić information content (AvgIpc) is 2.95. The van der Waals surface area contributed by atoms with E-state index in [-0.39, 0.29) is 0 Å². The summed E-state index contributed by atoms with van der Waals surface area (Å²) in [6, 6.07) is 7.48. The van der Waals surface area contributed by atoms with Crippen LogP contribution in [0.2, 0.25) is 5.02 Å². The lowest BCUT2D eigenvalue weighted by atomic mass is 10.2. The second-order valence-corrected chi connectivity index (χ2v) is 8.06. The Morgan fingerprint density at radius 2 is 2.12 bits per heavy atom. The number of aryl methyl sites for hydroxylation is 1. The van der Waals surface area contributed by atoms with Crippen LogP contribution in [0.1, 0.15) is 25.2 Å². The van der Waals surface area contributed by atoms with Crippen LogP contribution >= 0.6 is 33.2 Å². The summed E-state index contributed by atoms with van der Waals surface area (Å²) >= 11 is 6.22. The second kappa shape index (κ2) is 9.25. The number of benzene rings is 1. The second-order valence-electron chi connectivity index (χ2n) is 5.26. The van der Waals surface area contributed by atoms with E-state index in [4.69, 9.17) is 25.7 Å². The van der Waals surface area contributed by atoms with Gasteiger partial charge >= 0.3 is 0 Å². The van der Waals surface area contributed by atoms with E-state index < -0.39 is 0 Å². The number of nitrogens with zero attached hydrogens (tertiary/aromatic N) is 1. The molecule has 0 bridgehead atoms. The van der Waals surface area contributed by atoms with E-state index in [0.29, 0.717) is 17.4 Å². The third-order valence-corrected chi connectivity index (χ3v) is 5.05. The number of ether oxygens (including phenoxy) is 1. The summed E-state index contributed by atoms with van der Waals surface area (Å²) in [5.74, 6) is 1.48. The molecule has 24 heavy (non-hydrogen) atoms. The molecule has 0 saturated heterocycles. The standard InChI is InChI=1S/C18H20ClNO2S2/c1-12(2)7-9-22-17-11-14(5-6-16(17)19)20-18(24-23-4)15-8-10-21-13(15)3/h5-8,10-11H,9H2,1-4H3. The van der Waals surface area contributed by atoms with Gasteiger partial charge in [0.1, 0.15) is 23.2 Å². The number of hydrogen-bond acceptors (Lipinski definition) is 5. The Balaban J connectivity index is 2.29. The monoisotopic (exact) mass is 381 g/mol. The highest BCUT2D eigenvalue weighted by atomic mass is 35.5. The predicted molar refractivity (Wildman–Crippen MR) is 107 cm³/mol. The first-order valence-corrected chi connectivity index (χ1v) is 10.3. The highest BCUT2D eigenvalue weighted by Gasteiger charge is 2.11. The number of furan rings is 1. The third kappa shape index (κ3) is 5.36. The van der Waals surface area contributed by atoms with Crippen LogP contribution < -0.4 is 4.74 Å². The molecule has 6 heteroatoms. The van der Waals surface area contributed by atoms with E-state index in [1.165, 1.54) is 5.57 Å². The molecule has 0 atom stereocenters. The van der Waals surface area contributed by atoms with Gasteiger partial charge in [0, 0.05) is 11.6 Å². The Labute approximate surface area is 155 Å². The average molecular weight is 382 g/mol. The fourth-order valence-electron chi connectivity index (χ4n) is 1.90. The molecule has 2 aromatic rings. The predicted octanol–water partition coefficient (Wildman–Crippen LogP) is 6.68. The molecule has 1 aromatic heterocycles. The SMILES string of the molecule is CSSC(=Nc1ccc(Cl)c(OCC=C(C)C)c1)c1ccoc1C.